The Labute approximate surface area is 109 Å². The molecule has 1 aromatic carbocycles. The number of epoxide rings is 1. The van der Waals surface area contributed by atoms with Crippen molar-refractivity contribution in [2.24, 2.45) is 5.92 Å². The molecule has 3 unspecified atom stereocenters. The molecular formula is C16H20O2. The molecule has 0 radical (unpaired) electrons. The lowest BCUT2D eigenvalue weighted by atomic mass is 9.90. The Hall–Kier alpha value is -1.12. The summed E-state index contributed by atoms with van der Waals surface area (Å²) in [6.07, 6.45) is 6.69. The van der Waals surface area contributed by atoms with Gasteiger partial charge >= 0.3 is 0 Å². The normalized spacial score (nSPS) is 29.7. The molecule has 2 fully saturated rings. The predicted octanol–water partition coefficient (Wildman–Crippen LogP) is 3.41. The van der Waals surface area contributed by atoms with E-state index in [2.05, 4.69) is 30.8 Å². The zero-order valence-corrected chi connectivity index (χ0v) is 10.7. The van der Waals surface area contributed by atoms with Crippen LogP contribution in [0.25, 0.3) is 6.08 Å². The van der Waals surface area contributed by atoms with Gasteiger partial charge in [0, 0.05) is 6.61 Å². The third-order valence-corrected chi connectivity index (χ3v) is 3.92. The Morgan fingerprint density at radius 2 is 2.28 bits per heavy atom. The number of benzene rings is 1. The van der Waals surface area contributed by atoms with E-state index in [-0.39, 0.29) is 0 Å². The Balaban J connectivity index is 1.44. The molecule has 0 amide bonds. The van der Waals surface area contributed by atoms with Crippen LogP contribution < -0.4 is 0 Å². The molecule has 3 rings (SSSR count). The molecule has 0 spiro atoms. The Morgan fingerprint density at radius 1 is 1.33 bits per heavy atom. The smallest absolute Gasteiger partial charge is 0.0845 e. The van der Waals surface area contributed by atoms with Gasteiger partial charge in [0.05, 0.1) is 18.8 Å². The summed E-state index contributed by atoms with van der Waals surface area (Å²) in [6.45, 7) is 5.35. The van der Waals surface area contributed by atoms with Crippen molar-refractivity contribution >= 4 is 6.08 Å². The summed E-state index contributed by atoms with van der Waals surface area (Å²) in [5.41, 5.74) is 2.38. The van der Waals surface area contributed by atoms with Crippen molar-refractivity contribution in [3.05, 3.63) is 42.0 Å². The van der Waals surface area contributed by atoms with E-state index >= 15 is 0 Å². The minimum absolute atomic E-state index is 0.552. The van der Waals surface area contributed by atoms with E-state index in [0.717, 1.165) is 12.2 Å². The lowest BCUT2D eigenvalue weighted by molar-refractivity contribution is 0.0765. The van der Waals surface area contributed by atoms with Gasteiger partial charge in [-0.25, -0.2) is 0 Å². The summed E-state index contributed by atoms with van der Waals surface area (Å²) in [4.78, 5) is 0. The summed E-state index contributed by atoms with van der Waals surface area (Å²) in [5.74, 6) is 0.691. The third-order valence-electron chi connectivity index (χ3n) is 3.92. The van der Waals surface area contributed by atoms with Gasteiger partial charge in [0.15, 0.2) is 0 Å². The standard InChI is InChI=1S/C16H20O2/c1-2-12-4-3-5-13(8-12)10-17-11-14-6-7-15-16(9-14)18-15/h2-5,8,14-16H,1,6-7,9-11H2. The van der Waals surface area contributed by atoms with Gasteiger partial charge in [-0.05, 0) is 42.4 Å². The lowest BCUT2D eigenvalue weighted by Crippen LogP contribution is -2.18. The number of ether oxygens (including phenoxy) is 2. The maximum Gasteiger partial charge on any atom is 0.0845 e. The van der Waals surface area contributed by atoms with Crippen LogP contribution in [0.5, 0.6) is 0 Å². The van der Waals surface area contributed by atoms with Gasteiger partial charge in [-0.15, -0.1) is 0 Å². The van der Waals surface area contributed by atoms with Crippen LogP contribution in [0.4, 0.5) is 0 Å². The van der Waals surface area contributed by atoms with Crippen LogP contribution in [0.15, 0.2) is 30.8 Å². The molecule has 1 saturated carbocycles. The van der Waals surface area contributed by atoms with Crippen LogP contribution in [0.2, 0.25) is 0 Å². The number of hydrogen-bond donors (Lipinski definition) is 0. The molecule has 0 aromatic heterocycles. The predicted molar refractivity (Wildman–Crippen MR) is 72.2 cm³/mol. The zero-order valence-electron chi connectivity index (χ0n) is 10.7. The van der Waals surface area contributed by atoms with Gasteiger partial charge in [0.1, 0.15) is 0 Å². The Kier molecular flexibility index (Phi) is 3.48. The van der Waals surface area contributed by atoms with E-state index in [4.69, 9.17) is 9.47 Å². The zero-order chi connectivity index (χ0) is 12.4. The summed E-state index contributed by atoms with van der Waals surface area (Å²) in [7, 11) is 0. The first-order valence-corrected chi connectivity index (χ1v) is 6.80. The van der Waals surface area contributed by atoms with Gasteiger partial charge in [0.25, 0.3) is 0 Å². The van der Waals surface area contributed by atoms with Crippen molar-refractivity contribution in [2.75, 3.05) is 6.61 Å². The lowest BCUT2D eigenvalue weighted by Gasteiger charge is -2.18. The highest BCUT2D eigenvalue weighted by atomic mass is 16.6. The van der Waals surface area contributed by atoms with E-state index < -0.39 is 0 Å². The van der Waals surface area contributed by atoms with Crippen LogP contribution >= 0.6 is 0 Å². The molecule has 1 aliphatic heterocycles. The molecule has 1 saturated heterocycles. The highest BCUT2D eigenvalue weighted by Gasteiger charge is 2.43. The first-order chi connectivity index (χ1) is 8.85. The third kappa shape index (κ3) is 2.82. The first kappa shape index (κ1) is 11.9. The van der Waals surface area contributed by atoms with E-state index in [1.54, 1.807) is 0 Å². The second kappa shape index (κ2) is 5.25. The average Bonchev–Trinajstić information content (AvgIpc) is 3.17. The number of fused-ring (bicyclic) bond motifs is 1. The van der Waals surface area contributed by atoms with Gasteiger partial charge in [0.2, 0.25) is 0 Å². The van der Waals surface area contributed by atoms with Crippen molar-refractivity contribution < 1.29 is 9.47 Å². The summed E-state index contributed by atoms with van der Waals surface area (Å²) >= 11 is 0. The Morgan fingerprint density at radius 3 is 3.11 bits per heavy atom. The van der Waals surface area contributed by atoms with Crippen LogP contribution in [0.1, 0.15) is 30.4 Å². The highest BCUT2D eigenvalue weighted by Crippen LogP contribution is 2.39. The molecule has 1 aliphatic carbocycles. The summed E-state index contributed by atoms with van der Waals surface area (Å²) < 4.78 is 11.4. The molecular weight excluding hydrogens is 224 g/mol. The van der Waals surface area contributed by atoms with Crippen molar-refractivity contribution in [3.63, 3.8) is 0 Å². The second-order valence-corrected chi connectivity index (χ2v) is 5.36. The topological polar surface area (TPSA) is 21.8 Å². The maximum atomic E-state index is 5.84. The molecule has 2 heteroatoms. The van der Waals surface area contributed by atoms with Crippen LogP contribution in [-0.4, -0.2) is 18.8 Å². The average molecular weight is 244 g/mol. The van der Waals surface area contributed by atoms with Gasteiger partial charge < -0.3 is 9.47 Å². The molecule has 96 valence electrons. The fourth-order valence-electron chi connectivity index (χ4n) is 2.79. The molecule has 1 aromatic rings. The van der Waals surface area contributed by atoms with Crippen LogP contribution in [0.3, 0.4) is 0 Å². The minimum atomic E-state index is 0.552. The SMILES string of the molecule is C=Cc1cccc(COCC2CCC3OC3C2)c1. The molecule has 0 bridgehead atoms. The quantitative estimate of drug-likeness (QED) is 0.740. The summed E-state index contributed by atoms with van der Waals surface area (Å²) in [6, 6.07) is 8.35. The molecule has 0 N–H and O–H groups in total. The molecule has 3 atom stereocenters. The molecule has 2 aliphatic rings. The van der Waals surface area contributed by atoms with Crippen molar-refractivity contribution in [1.29, 1.82) is 0 Å². The second-order valence-electron chi connectivity index (χ2n) is 5.36. The highest BCUT2D eigenvalue weighted by molar-refractivity contribution is 5.47. The minimum Gasteiger partial charge on any atom is -0.376 e. The van der Waals surface area contributed by atoms with Crippen LogP contribution in [-0.2, 0) is 16.1 Å². The van der Waals surface area contributed by atoms with Crippen molar-refractivity contribution in [3.8, 4) is 0 Å². The fraction of sp³-hybridized carbons (Fsp3) is 0.500. The van der Waals surface area contributed by atoms with Gasteiger partial charge in [-0.1, -0.05) is 30.9 Å². The molecule has 2 nitrogen and oxygen atoms in total. The maximum absolute atomic E-state index is 5.84. The summed E-state index contributed by atoms with van der Waals surface area (Å²) in [5, 5.41) is 0. The largest absolute Gasteiger partial charge is 0.376 e. The van der Waals surface area contributed by atoms with E-state index in [9.17, 15) is 0 Å². The number of hydrogen-bond acceptors (Lipinski definition) is 2. The Bertz CT molecular complexity index is 427. The monoisotopic (exact) mass is 244 g/mol. The number of rotatable bonds is 5. The molecule has 18 heavy (non-hydrogen) atoms. The van der Waals surface area contributed by atoms with Gasteiger partial charge in [-0.3, -0.25) is 0 Å². The fourth-order valence-corrected chi connectivity index (χ4v) is 2.79. The van der Waals surface area contributed by atoms with E-state index in [1.165, 1.54) is 24.8 Å². The van der Waals surface area contributed by atoms with E-state index in [1.807, 2.05) is 6.08 Å². The van der Waals surface area contributed by atoms with Crippen molar-refractivity contribution in [2.45, 2.75) is 38.1 Å². The molecule has 1 heterocycles. The van der Waals surface area contributed by atoms with Gasteiger partial charge in [-0.2, -0.15) is 0 Å². The van der Waals surface area contributed by atoms with Crippen molar-refractivity contribution in [1.82, 2.24) is 0 Å². The van der Waals surface area contributed by atoms with Crippen LogP contribution in [0, 0.1) is 5.92 Å². The first-order valence-electron chi connectivity index (χ1n) is 6.80. The van der Waals surface area contributed by atoms with E-state index in [0.29, 0.717) is 24.7 Å².